The first-order valence-corrected chi connectivity index (χ1v) is 6.81. The number of carboxylic acid groups (broad SMARTS) is 1. The Balaban J connectivity index is 3.15. The molecule has 0 saturated heterocycles. The Bertz CT molecular complexity index is 459. The van der Waals surface area contributed by atoms with E-state index < -0.39 is 5.97 Å². The minimum absolute atomic E-state index is 0.185. The summed E-state index contributed by atoms with van der Waals surface area (Å²) in [7, 11) is 0. The number of nitrogens with zero attached hydrogens (tertiary/aromatic N) is 2. The van der Waals surface area contributed by atoms with Crippen molar-refractivity contribution in [2.75, 3.05) is 5.75 Å². The third kappa shape index (κ3) is 3.57. The van der Waals surface area contributed by atoms with Crippen LogP contribution in [0, 0.1) is 6.92 Å². The molecule has 4 nitrogen and oxygen atoms in total. The molecule has 18 heavy (non-hydrogen) atoms. The van der Waals surface area contributed by atoms with E-state index in [0.717, 1.165) is 12.2 Å². The zero-order chi connectivity index (χ0) is 13.7. The lowest BCUT2D eigenvalue weighted by molar-refractivity contribution is 0.0690. The Morgan fingerprint density at radius 3 is 2.67 bits per heavy atom. The van der Waals surface area contributed by atoms with E-state index in [1.165, 1.54) is 11.8 Å². The molecule has 0 aromatic carbocycles. The highest BCUT2D eigenvalue weighted by molar-refractivity contribution is 7.99. The number of thioether (sulfide) groups is 1. The monoisotopic (exact) mass is 266 g/mol. The Kier molecular flexibility index (Phi) is 5.34. The molecule has 1 aromatic rings. The summed E-state index contributed by atoms with van der Waals surface area (Å²) in [5.74, 6) is 0.686. The Morgan fingerprint density at radius 2 is 2.17 bits per heavy atom. The molecule has 1 N–H and O–H groups in total. The number of aryl methyl sites for hydroxylation is 1. The van der Waals surface area contributed by atoms with Crippen LogP contribution < -0.4 is 0 Å². The SMILES string of the molecule is C=CCCSc1nc(C(C)C)nc(C)c1C(=O)O. The first-order chi connectivity index (χ1) is 8.47. The minimum Gasteiger partial charge on any atom is -0.478 e. The fourth-order valence-electron chi connectivity index (χ4n) is 1.42. The van der Waals surface area contributed by atoms with Gasteiger partial charge >= 0.3 is 5.97 Å². The largest absolute Gasteiger partial charge is 0.478 e. The molecule has 1 rings (SSSR count). The molecule has 0 aliphatic carbocycles. The molecule has 0 aliphatic heterocycles. The molecule has 0 unspecified atom stereocenters. The summed E-state index contributed by atoms with van der Waals surface area (Å²) in [4.78, 5) is 19.9. The number of allylic oxidation sites excluding steroid dienone is 1. The van der Waals surface area contributed by atoms with Gasteiger partial charge in [0.2, 0.25) is 0 Å². The van der Waals surface area contributed by atoms with E-state index in [-0.39, 0.29) is 11.5 Å². The van der Waals surface area contributed by atoms with E-state index in [1.807, 2.05) is 19.9 Å². The summed E-state index contributed by atoms with van der Waals surface area (Å²) in [5, 5.41) is 9.78. The number of aromatic nitrogens is 2. The van der Waals surface area contributed by atoms with Crippen molar-refractivity contribution >= 4 is 17.7 Å². The van der Waals surface area contributed by atoms with Crippen molar-refractivity contribution in [2.45, 2.75) is 38.1 Å². The number of carboxylic acids is 1. The zero-order valence-electron chi connectivity index (χ0n) is 10.9. The van der Waals surface area contributed by atoms with Gasteiger partial charge in [0, 0.05) is 11.7 Å². The number of aromatic carboxylic acids is 1. The van der Waals surface area contributed by atoms with Crippen LogP contribution >= 0.6 is 11.8 Å². The van der Waals surface area contributed by atoms with Crippen LogP contribution in [-0.2, 0) is 0 Å². The molecule has 0 saturated carbocycles. The molecule has 5 heteroatoms. The van der Waals surface area contributed by atoms with E-state index >= 15 is 0 Å². The highest BCUT2D eigenvalue weighted by Gasteiger charge is 2.19. The number of carbonyl (C=O) groups is 1. The number of hydrogen-bond donors (Lipinski definition) is 1. The average Bonchev–Trinajstić information content (AvgIpc) is 2.27. The lowest BCUT2D eigenvalue weighted by Crippen LogP contribution is -2.10. The van der Waals surface area contributed by atoms with Crippen LogP contribution in [0.4, 0.5) is 0 Å². The third-order valence-electron chi connectivity index (χ3n) is 2.37. The lowest BCUT2D eigenvalue weighted by Gasteiger charge is -2.11. The third-order valence-corrected chi connectivity index (χ3v) is 3.37. The maximum Gasteiger partial charge on any atom is 0.340 e. The molecule has 1 heterocycles. The molecule has 98 valence electrons. The van der Waals surface area contributed by atoms with E-state index in [9.17, 15) is 9.90 Å². The van der Waals surface area contributed by atoms with Gasteiger partial charge in [-0.3, -0.25) is 0 Å². The van der Waals surface area contributed by atoms with Gasteiger partial charge in [-0.05, 0) is 13.3 Å². The van der Waals surface area contributed by atoms with Crippen LogP contribution in [0.3, 0.4) is 0 Å². The van der Waals surface area contributed by atoms with Crippen LogP contribution in [0.5, 0.6) is 0 Å². The molecule has 0 spiro atoms. The molecule has 0 aliphatic rings. The van der Waals surface area contributed by atoms with Gasteiger partial charge in [0.15, 0.2) is 0 Å². The molecule has 0 atom stereocenters. The molecular weight excluding hydrogens is 248 g/mol. The summed E-state index contributed by atoms with van der Waals surface area (Å²) < 4.78 is 0. The molecular formula is C13H18N2O2S. The smallest absolute Gasteiger partial charge is 0.340 e. The Hall–Kier alpha value is -1.36. The molecule has 1 aromatic heterocycles. The summed E-state index contributed by atoms with van der Waals surface area (Å²) in [6, 6.07) is 0. The fourth-order valence-corrected chi connectivity index (χ4v) is 2.43. The summed E-state index contributed by atoms with van der Waals surface area (Å²) >= 11 is 1.44. The van der Waals surface area contributed by atoms with Crippen molar-refractivity contribution in [2.24, 2.45) is 0 Å². The second-order valence-corrected chi connectivity index (χ2v) is 5.32. The second-order valence-electron chi connectivity index (χ2n) is 4.23. The second kappa shape index (κ2) is 6.54. The molecule has 0 amide bonds. The zero-order valence-corrected chi connectivity index (χ0v) is 11.8. The summed E-state index contributed by atoms with van der Waals surface area (Å²) in [5.41, 5.74) is 0.746. The minimum atomic E-state index is -0.969. The Labute approximate surface area is 112 Å². The van der Waals surface area contributed by atoms with Gasteiger partial charge < -0.3 is 5.11 Å². The van der Waals surface area contributed by atoms with Crippen molar-refractivity contribution < 1.29 is 9.90 Å². The van der Waals surface area contributed by atoms with Crippen LogP contribution in [0.2, 0.25) is 0 Å². The first kappa shape index (κ1) is 14.7. The summed E-state index contributed by atoms with van der Waals surface area (Å²) in [6.07, 6.45) is 2.63. The quantitative estimate of drug-likeness (QED) is 0.370. The van der Waals surface area contributed by atoms with Crippen LogP contribution in [0.25, 0.3) is 0 Å². The standard InChI is InChI=1S/C13H18N2O2S/c1-5-6-7-18-12-10(13(16)17)9(4)14-11(15-12)8(2)3/h5,8H,1,6-7H2,2-4H3,(H,16,17). The normalized spacial score (nSPS) is 10.7. The average molecular weight is 266 g/mol. The van der Waals surface area contributed by atoms with E-state index in [0.29, 0.717) is 16.5 Å². The molecule has 0 bridgehead atoms. The lowest BCUT2D eigenvalue weighted by atomic mass is 10.2. The highest BCUT2D eigenvalue weighted by atomic mass is 32.2. The fraction of sp³-hybridized carbons (Fsp3) is 0.462. The number of rotatable bonds is 6. The van der Waals surface area contributed by atoms with Crippen LogP contribution in [0.1, 0.15) is 48.1 Å². The van der Waals surface area contributed by atoms with Crippen molar-refractivity contribution in [1.82, 2.24) is 9.97 Å². The number of hydrogen-bond acceptors (Lipinski definition) is 4. The van der Waals surface area contributed by atoms with E-state index in [4.69, 9.17) is 0 Å². The van der Waals surface area contributed by atoms with Gasteiger partial charge in [-0.25, -0.2) is 14.8 Å². The van der Waals surface area contributed by atoms with Crippen LogP contribution in [-0.4, -0.2) is 26.8 Å². The van der Waals surface area contributed by atoms with E-state index in [2.05, 4.69) is 16.5 Å². The highest BCUT2D eigenvalue weighted by Crippen LogP contribution is 2.25. The summed E-state index contributed by atoms with van der Waals surface area (Å²) in [6.45, 7) is 9.35. The van der Waals surface area contributed by atoms with E-state index in [1.54, 1.807) is 6.92 Å². The van der Waals surface area contributed by atoms with Crippen LogP contribution in [0.15, 0.2) is 17.7 Å². The predicted octanol–water partition coefficient (Wildman–Crippen LogP) is 3.27. The van der Waals surface area contributed by atoms with Crippen molar-refractivity contribution in [3.8, 4) is 0 Å². The molecule has 0 radical (unpaired) electrons. The first-order valence-electron chi connectivity index (χ1n) is 5.82. The van der Waals surface area contributed by atoms with Gasteiger partial charge in [-0.15, -0.1) is 18.3 Å². The van der Waals surface area contributed by atoms with Gasteiger partial charge in [0.05, 0.1) is 5.69 Å². The Morgan fingerprint density at radius 1 is 1.50 bits per heavy atom. The predicted molar refractivity (Wildman–Crippen MR) is 73.4 cm³/mol. The van der Waals surface area contributed by atoms with Gasteiger partial charge in [0.1, 0.15) is 16.4 Å². The topological polar surface area (TPSA) is 63.1 Å². The van der Waals surface area contributed by atoms with Crippen molar-refractivity contribution in [3.63, 3.8) is 0 Å². The maximum atomic E-state index is 11.2. The van der Waals surface area contributed by atoms with Crippen molar-refractivity contribution in [3.05, 3.63) is 29.7 Å². The van der Waals surface area contributed by atoms with Gasteiger partial charge in [-0.1, -0.05) is 19.9 Å². The molecule has 0 fully saturated rings. The van der Waals surface area contributed by atoms with Crippen molar-refractivity contribution in [1.29, 1.82) is 0 Å². The van der Waals surface area contributed by atoms with Gasteiger partial charge in [-0.2, -0.15) is 0 Å². The van der Waals surface area contributed by atoms with Gasteiger partial charge in [0.25, 0.3) is 0 Å². The maximum absolute atomic E-state index is 11.2.